The van der Waals surface area contributed by atoms with E-state index in [-0.39, 0.29) is 0 Å². The molecule has 0 unspecified atom stereocenters. The Hall–Kier alpha value is -1.06. The van der Waals surface area contributed by atoms with E-state index in [1.165, 1.54) is 0 Å². The van der Waals surface area contributed by atoms with Crippen molar-refractivity contribution >= 4 is 23.2 Å². The van der Waals surface area contributed by atoms with Crippen LogP contribution in [0.4, 0.5) is 0 Å². The Balaban J connectivity index is 2.26. The smallest absolute Gasteiger partial charge is 0.118 e. The highest BCUT2D eigenvalue weighted by Crippen LogP contribution is 2.40. The number of hydrogen-bond acceptors (Lipinski definition) is 2. The number of nitrogens with zero attached hydrogens (tertiary/aromatic N) is 1. The van der Waals surface area contributed by atoms with E-state index in [0.29, 0.717) is 39.4 Å². The molecule has 0 spiro atoms. The third-order valence-electron chi connectivity index (χ3n) is 4.90. The number of hydrogen-bond donors (Lipinski definition) is 1. The van der Waals surface area contributed by atoms with Crippen molar-refractivity contribution in [1.29, 1.82) is 0 Å². The Labute approximate surface area is 180 Å². The van der Waals surface area contributed by atoms with Crippen molar-refractivity contribution in [2.45, 2.75) is 46.1 Å². The van der Waals surface area contributed by atoms with Gasteiger partial charge in [-0.15, -0.1) is 0 Å². The Morgan fingerprint density at radius 1 is 0.821 bits per heavy atom. The first-order valence-electron chi connectivity index (χ1n) is 10.2. The van der Waals surface area contributed by atoms with Gasteiger partial charge < -0.3 is 10.0 Å². The van der Waals surface area contributed by atoms with E-state index in [2.05, 4.69) is 32.6 Å². The van der Waals surface area contributed by atoms with Crippen molar-refractivity contribution in [3.05, 3.63) is 69.7 Å². The largest absolute Gasteiger partial charge is 0.380 e. The highest BCUT2D eigenvalue weighted by atomic mass is 35.5. The summed E-state index contributed by atoms with van der Waals surface area (Å²) < 4.78 is 0. The maximum absolute atomic E-state index is 11.8. The summed E-state index contributed by atoms with van der Waals surface area (Å²) in [5.74, 6) is 1.23. The van der Waals surface area contributed by atoms with Gasteiger partial charge in [-0.25, -0.2) is 0 Å². The van der Waals surface area contributed by atoms with E-state index in [4.69, 9.17) is 23.2 Å². The molecule has 154 valence electrons. The molecule has 0 fully saturated rings. The van der Waals surface area contributed by atoms with Gasteiger partial charge in [0.1, 0.15) is 5.60 Å². The van der Waals surface area contributed by atoms with E-state index in [1.807, 2.05) is 48.5 Å². The molecule has 0 aliphatic rings. The van der Waals surface area contributed by atoms with Crippen molar-refractivity contribution < 1.29 is 5.11 Å². The number of halogens is 2. The van der Waals surface area contributed by atoms with Crippen molar-refractivity contribution in [1.82, 2.24) is 4.90 Å². The van der Waals surface area contributed by atoms with Crippen LogP contribution in [-0.2, 0) is 5.60 Å². The van der Waals surface area contributed by atoms with Crippen molar-refractivity contribution in [3.8, 4) is 0 Å². The van der Waals surface area contributed by atoms with Crippen LogP contribution in [0, 0.1) is 11.8 Å². The van der Waals surface area contributed by atoms with Gasteiger partial charge in [0.05, 0.1) is 0 Å². The van der Waals surface area contributed by atoms with Crippen LogP contribution in [0.1, 0.15) is 51.7 Å². The highest BCUT2D eigenvalue weighted by molar-refractivity contribution is 6.32. The Morgan fingerprint density at radius 2 is 1.25 bits per heavy atom. The summed E-state index contributed by atoms with van der Waals surface area (Å²) in [6.07, 6.45) is 1.42. The predicted octanol–water partition coefficient (Wildman–Crippen LogP) is 6.62. The molecule has 2 aromatic rings. The van der Waals surface area contributed by atoms with Gasteiger partial charge in [-0.3, -0.25) is 0 Å². The summed E-state index contributed by atoms with van der Waals surface area (Å²) in [5.41, 5.74) is 0.214. The summed E-state index contributed by atoms with van der Waals surface area (Å²) >= 11 is 13.0. The van der Waals surface area contributed by atoms with Gasteiger partial charge >= 0.3 is 0 Å². The molecule has 4 heteroatoms. The van der Waals surface area contributed by atoms with E-state index in [0.717, 1.165) is 26.1 Å². The van der Waals surface area contributed by atoms with E-state index in [1.54, 1.807) is 0 Å². The molecule has 0 radical (unpaired) electrons. The topological polar surface area (TPSA) is 23.5 Å². The lowest BCUT2D eigenvalue weighted by Gasteiger charge is -2.33. The molecule has 0 amide bonds. The second-order valence-corrected chi connectivity index (χ2v) is 9.29. The predicted molar refractivity (Wildman–Crippen MR) is 121 cm³/mol. The maximum atomic E-state index is 11.8. The zero-order chi connectivity index (χ0) is 20.7. The van der Waals surface area contributed by atoms with Crippen molar-refractivity contribution in [2.75, 3.05) is 19.6 Å². The SMILES string of the molecule is CC(C)CN(CCCC(O)(c1ccccc1Cl)c1ccccc1Cl)CC(C)C. The Morgan fingerprint density at radius 3 is 1.64 bits per heavy atom. The first kappa shape index (κ1) is 23.2. The minimum absolute atomic E-state index is 0.561. The highest BCUT2D eigenvalue weighted by Gasteiger charge is 2.34. The molecular formula is C24H33Cl2NO. The Kier molecular flexibility index (Phi) is 8.82. The minimum Gasteiger partial charge on any atom is -0.380 e. The van der Waals surface area contributed by atoms with Crippen LogP contribution in [0.5, 0.6) is 0 Å². The number of rotatable bonds is 10. The molecule has 2 aromatic carbocycles. The molecule has 0 aromatic heterocycles. The molecular weight excluding hydrogens is 389 g/mol. The van der Waals surface area contributed by atoms with Crippen LogP contribution >= 0.6 is 23.2 Å². The van der Waals surface area contributed by atoms with Crippen LogP contribution < -0.4 is 0 Å². The molecule has 0 atom stereocenters. The summed E-state index contributed by atoms with van der Waals surface area (Å²) in [7, 11) is 0. The zero-order valence-corrected chi connectivity index (χ0v) is 19.0. The lowest BCUT2D eigenvalue weighted by molar-refractivity contribution is 0.0638. The van der Waals surface area contributed by atoms with Gasteiger partial charge in [0.25, 0.3) is 0 Å². The van der Waals surface area contributed by atoms with Gasteiger partial charge in [0.15, 0.2) is 0 Å². The monoisotopic (exact) mass is 421 g/mol. The average Bonchev–Trinajstić information content (AvgIpc) is 2.61. The number of benzene rings is 2. The lowest BCUT2D eigenvalue weighted by Crippen LogP contribution is -2.34. The summed E-state index contributed by atoms with van der Waals surface area (Å²) in [6.45, 7) is 12.1. The third-order valence-corrected chi connectivity index (χ3v) is 5.56. The van der Waals surface area contributed by atoms with Crippen LogP contribution in [0.2, 0.25) is 10.0 Å². The molecule has 0 aliphatic heterocycles. The van der Waals surface area contributed by atoms with Gasteiger partial charge in [0.2, 0.25) is 0 Å². The molecule has 0 saturated heterocycles. The van der Waals surface area contributed by atoms with E-state index < -0.39 is 5.60 Å². The fraction of sp³-hybridized carbons (Fsp3) is 0.500. The molecule has 0 heterocycles. The van der Waals surface area contributed by atoms with Crippen LogP contribution in [0.3, 0.4) is 0 Å². The van der Waals surface area contributed by atoms with Crippen LogP contribution in [0.25, 0.3) is 0 Å². The molecule has 0 aliphatic carbocycles. The number of aliphatic hydroxyl groups is 1. The van der Waals surface area contributed by atoms with Gasteiger partial charge in [-0.05, 0) is 43.4 Å². The zero-order valence-electron chi connectivity index (χ0n) is 17.5. The quantitative estimate of drug-likeness (QED) is 0.465. The standard InChI is InChI=1S/C24H33Cl2NO/c1-18(2)16-27(17-19(3)4)15-9-14-24(28,20-10-5-7-12-22(20)25)21-11-6-8-13-23(21)26/h5-8,10-13,18-19,28H,9,14-17H2,1-4H3. The summed E-state index contributed by atoms with van der Waals surface area (Å²) in [4.78, 5) is 2.49. The fourth-order valence-electron chi connectivity index (χ4n) is 3.86. The average molecular weight is 422 g/mol. The molecule has 28 heavy (non-hydrogen) atoms. The minimum atomic E-state index is -1.21. The van der Waals surface area contributed by atoms with Gasteiger partial charge in [0, 0.05) is 34.3 Å². The molecule has 1 N–H and O–H groups in total. The second kappa shape index (κ2) is 10.6. The summed E-state index contributed by atoms with van der Waals surface area (Å²) in [6, 6.07) is 15.0. The van der Waals surface area contributed by atoms with Crippen molar-refractivity contribution in [3.63, 3.8) is 0 Å². The normalized spacial score (nSPS) is 12.4. The molecule has 0 saturated carbocycles. The first-order chi connectivity index (χ1) is 13.2. The molecule has 0 bridgehead atoms. The van der Waals surface area contributed by atoms with Crippen LogP contribution in [0.15, 0.2) is 48.5 Å². The molecule has 2 rings (SSSR count). The summed E-state index contributed by atoms with van der Waals surface area (Å²) in [5, 5.41) is 12.9. The molecule has 2 nitrogen and oxygen atoms in total. The van der Waals surface area contributed by atoms with E-state index in [9.17, 15) is 5.11 Å². The maximum Gasteiger partial charge on any atom is 0.118 e. The van der Waals surface area contributed by atoms with Crippen molar-refractivity contribution in [2.24, 2.45) is 11.8 Å². The fourth-order valence-corrected chi connectivity index (χ4v) is 4.44. The van der Waals surface area contributed by atoms with Gasteiger partial charge in [-0.2, -0.15) is 0 Å². The second-order valence-electron chi connectivity index (χ2n) is 8.47. The first-order valence-corrected chi connectivity index (χ1v) is 10.9. The third kappa shape index (κ3) is 6.22. The van der Waals surface area contributed by atoms with Crippen LogP contribution in [-0.4, -0.2) is 29.6 Å². The van der Waals surface area contributed by atoms with E-state index >= 15 is 0 Å². The van der Waals surface area contributed by atoms with Gasteiger partial charge in [-0.1, -0.05) is 87.3 Å². The lowest BCUT2D eigenvalue weighted by atomic mass is 9.82. The Bertz CT molecular complexity index is 689.